The Morgan fingerprint density at radius 3 is 2.89 bits per heavy atom. The third kappa shape index (κ3) is 2.10. The van der Waals surface area contributed by atoms with Crippen LogP contribution in [0.5, 0.6) is 0 Å². The van der Waals surface area contributed by atoms with Gasteiger partial charge >= 0.3 is 0 Å². The van der Waals surface area contributed by atoms with Crippen LogP contribution in [0, 0.1) is 12.7 Å². The number of hydrogen-bond donors (Lipinski definition) is 1. The van der Waals surface area contributed by atoms with Gasteiger partial charge < -0.3 is 14.8 Å². The van der Waals surface area contributed by atoms with Crippen molar-refractivity contribution in [2.45, 2.75) is 13.5 Å². The average molecular weight is 325 g/mol. The van der Waals surface area contributed by atoms with Crippen LogP contribution >= 0.6 is 15.9 Å². The smallest absolute Gasteiger partial charge is 0.201 e. The van der Waals surface area contributed by atoms with Crippen molar-refractivity contribution in [2.24, 2.45) is 0 Å². The Morgan fingerprint density at radius 2 is 2.21 bits per heavy atom. The molecule has 3 rings (SSSR count). The fourth-order valence-corrected chi connectivity index (χ4v) is 2.29. The van der Waals surface area contributed by atoms with Gasteiger partial charge in [0.15, 0.2) is 0 Å². The summed E-state index contributed by atoms with van der Waals surface area (Å²) >= 11 is 3.13. The molecule has 0 saturated carbocycles. The molecule has 0 fully saturated rings. The molecule has 0 atom stereocenters. The van der Waals surface area contributed by atoms with E-state index in [2.05, 4.69) is 26.1 Å². The summed E-state index contributed by atoms with van der Waals surface area (Å²) in [5.74, 6) is 0.671. The summed E-state index contributed by atoms with van der Waals surface area (Å²) < 4.78 is 20.7. The van der Waals surface area contributed by atoms with Crippen LogP contribution in [0.15, 0.2) is 27.2 Å². The standard InChI is InChI=1S/C12H10BrFN4O/c1-6-2-7(17-19-6)5-18-11-4-9(14)8(13)3-10(11)16-12(18)15/h2-4H,5H2,1H3,(H2,15,16). The zero-order valence-corrected chi connectivity index (χ0v) is 11.6. The lowest BCUT2D eigenvalue weighted by Gasteiger charge is -2.03. The van der Waals surface area contributed by atoms with Crippen LogP contribution in [0.3, 0.4) is 0 Å². The number of nitrogens with zero attached hydrogens (tertiary/aromatic N) is 3. The molecule has 0 aliphatic rings. The third-order valence-corrected chi connectivity index (χ3v) is 3.42. The molecule has 0 bridgehead atoms. The van der Waals surface area contributed by atoms with Crippen molar-refractivity contribution < 1.29 is 8.91 Å². The Morgan fingerprint density at radius 1 is 1.42 bits per heavy atom. The fraction of sp³-hybridized carbons (Fsp3) is 0.167. The number of rotatable bonds is 2. The number of aromatic nitrogens is 3. The van der Waals surface area contributed by atoms with Gasteiger partial charge in [0.25, 0.3) is 0 Å². The highest BCUT2D eigenvalue weighted by atomic mass is 79.9. The molecule has 0 radical (unpaired) electrons. The highest BCUT2D eigenvalue weighted by Crippen LogP contribution is 2.25. The lowest BCUT2D eigenvalue weighted by atomic mass is 10.3. The van der Waals surface area contributed by atoms with Gasteiger partial charge in [-0.2, -0.15) is 0 Å². The molecule has 0 spiro atoms. The lowest BCUT2D eigenvalue weighted by Crippen LogP contribution is -2.04. The number of halogens is 2. The number of nitrogens with two attached hydrogens (primary N) is 1. The van der Waals surface area contributed by atoms with Crippen molar-refractivity contribution in [3.05, 3.63) is 39.9 Å². The van der Waals surface area contributed by atoms with Crippen molar-refractivity contribution in [2.75, 3.05) is 5.73 Å². The van der Waals surface area contributed by atoms with E-state index < -0.39 is 0 Å². The molecular formula is C12H10BrFN4O. The highest BCUT2D eigenvalue weighted by Gasteiger charge is 2.13. The molecule has 7 heteroatoms. The van der Waals surface area contributed by atoms with Crippen LogP contribution in [0.1, 0.15) is 11.5 Å². The number of imidazole rings is 1. The predicted octanol–water partition coefficient (Wildman–Crippen LogP) is 2.86. The molecule has 98 valence electrons. The van der Waals surface area contributed by atoms with E-state index in [4.69, 9.17) is 10.3 Å². The van der Waals surface area contributed by atoms with Gasteiger partial charge in [-0.15, -0.1) is 0 Å². The van der Waals surface area contributed by atoms with Gasteiger partial charge in [0.2, 0.25) is 5.95 Å². The number of fused-ring (bicyclic) bond motifs is 1. The maximum absolute atomic E-state index is 13.6. The van der Waals surface area contributed by atoms with E-state index in [1.165, 1.54) is 6.07 Å². The lowest BCUT2D eigenvalue weighted by molar-refractivity contribution is 0.389. The average Bonchev–Trinajstić information content (AvgIpc) is 2.87. The zero-order valence-electron chi connectivity index (χ0n) is 10.0. The van der Waals surface area contributed by atoms with Gasteiger partial charge in [0.05, 0.1) is 22.1 Å². The Bertz CT molecular complexity index is 765. The van der Waals surface area contributed by atoms with Crippen molar-refractivity contribution >= 4 is 32.9 Å². The fourth-order valence-electron chi connectivity index (χ4n) is 1.96. The van der Waals surface area contributed by atoms with Crippen molar-refractivity contribution in [1.82, 2.24) is 14.7 Å². The summed E-state index contributed by atoms with van der Waals surface area (Å²) in [6.07, 6.45) is 0. The molecular weight excluding hydrogens is 315 g/mol. The molecule has 2 heterocycles. The van der Waals surface area contributed by atoms with Gasteiger partial charge in [-0.1, -0.05) is 5.16 Å². The summed E-state index contributed by atoms with van der Waals surface area (Å²) in [6, 6.07) is 4.81. The van der Waals surface area contributed by atoms with E-state index >= 15 is 0 Å². The number of hydrogen-bond acceptors (Lipinski definition) is 4. The highest BCUT2D eigenvalue weighted by molar-refractivity contribution is 9.10. The molecule has 0 amide bonds. The minimum absolute atomic E-state index is 0.313. The van der Waals surface area contributed by atoms with Crippen LogP contribution < -0.4 is 5.73 Å². The first-order chi connectivity index (χ1) is 9.04. The maximum Gasteiger partial charge on any atom is 0.201 e. The number of nitrogen functional groups attached to an aromatic ring is 1. The van der Waals surface area contributed by atoms with E-state index in [-0.39, 0.29) is 5.82 Å². The van der Waals surface area contributed by atoms with E-state index in [1.807, 2.05) is 6.92 Å². The van der Waals surface area contributed by atoms with E-state index in [0.717, 1.165) is 0 Å². The minimum Gasteiger partial charge on any atom is -0.369 e. The van der Waals surface area contributed by atoms with Gasteiger partial charge in [0, 0.05) is 12.1 Å². The number of anilines is 1. The SMILES string of the molecule is Cc1cc(Cn2c(N)nc3cc(Br)c(F)cc32)no1. The molecule has 0 unspecified atom stereocenters. The van der Waals surface area contributed by atoms with Crippen molar-refractivity contribution in [1.29, 1.82) is 0 Å². The number of benzene rings is 1. The van der Waals surface area contributed by atoms with Gasteiger partial charge in [-0.05, 0) is 28.9 Å². The topological polar surface area (TPSA) is 69.9 Å². The first-order valence-corrected chi connectivity index (χ1v) is 6.37. The van der Waals surface area contributed by atoms with E-state index in [1.54, 1.807) is 16.7 Å². The second-order valence-corrected chi connectivity index (χ2v) is 5.09. The summed E-state index contributed by atoms with van der Waals surface area (Å²) in [4.78, 5) is 4.20. The second kappa shape index (κ2) is 4.34. The van der Waals surface area contributed by atoms with Gasteiger partial charge in [-0.3, -0.25) is 0 Å². The van der Waals surface area contributed by atoms with E-state index in [0.29, 0.717) is 39.5 Å². The van der Waals surface area contributed by atoms with Crippen molar-refractivity contribution in [3.63, 3.8) is 0 Å². The van der Waals surface area contributed by atoms with Crippen LogP contribution in [0.4, 0.5) is 10.3 Å². The summed E-state index contributed by atoms with van der Waals surface area (Å²) in [6.45, 7) is 2.20. The number of aryl methyl sites for hydroxylation is 1. The van der Waals surface area contributed by atoms with E-state index in [9.17, 15) is 4.39 Å². The molecule has 0 saturated heterocycles. The Kier molecular flexibility index (Phi) is 2.78. The van der Waals surface area contributed by atoms with Crippen LogP contribution in [0.25, 0.3) is 11.0 Å². The monoisotopic (exact) mass is 324 g/mol. The third-order valence-electron chi connectivity index (χ3n) is 2.82. The largest absolute Gasteiger partial charge is 0.369 e. The van der Waals surface area contributed by atoms with Crippen LogP contribution in [0.2, 0.25) is 0 Å². The molecule has 2 aromatic heterocycles. The Labute approximate surface area is 116 Å². The maximum atomic E-state index is 13.6. The van der Waals surface area contributed by atoms with Gasteiger partial charge in [0.1, 0.15) is 17.3 Å². The Balaban J connectivity index is 2.12. The molecule has 19 heavy (non-hydrogen) atoms. The quantitative estimate of drug-likeness (QED) is 0.786. The molecule has 0 aliphatic carbocycles. The molecule has 0 aliphatic heterocycles. The second-order valence-electron chi connectivity index (χ2n) is 4.24. The van der Waals surface area contributed by atoms with Gasteiger partial charge in [-0.25, -0.2) is 9.37 Å². The van der Waals surface area contributed by atoms with Crippen molar-refractivity contribution in [3.8, 4) is 0 Å². The van der Waals surface area contributed by atoms with Crippen LogP contribution in [-0.2, 0) is 6.54 Å². The molecule has 5 nitrogen and oxygen atoms in total. The summed E-state index contributed by atoms with van der Waals surface area (Å²) in [5.41, 5.74) is 7.83. The van der Waals surface area contributed by atoms with Crippen LogP contribution in [-0.4, -0.2) is 14.7 Å². The normalized spacial score (nSPS) is 11.3. The zero-order chi connectivity index (χ0) is 13.6. The first kappa shape index (κ1) is 12.2. The minimum atomic E-state index is -0.356. The molecule has 2 N–H and O–H groups in total. The molecule has 3 aromatic rings. The first-order valence-electron chi connectivity index (χ1n) is 5.57. The molecule has 1 aromatic carbocycles. The predicted molar refractivity (Wildman–Crippen MR) is 72.1 cm³/mol. The summed E-state index contributed by atoms with van der Waals surface area (Å²) in [5, 5.41) is 3.90. The summed E-state index contributed by atoms with van der Waals surface area (Å²) in [7, 11) is 0. The Hall–Kier alpha value is -1.89.